The van der Waals surface area contributed by atoms with Crippen molar-refractivity contribution in [1.29, 1.82) is 0 Å². The van der Waals surface area contributed by atoms with Crippen molar-refractivity contribution in [3.8, 4) is 0 Å². The number of hydrogen-bond acceptors (Lipinski definition) is 5. The van der Waals surface area contributed by atoms with Crippen LogP contribution in [0.1, 0.15) is 4.88 Å². The van der Waals surface area contributed by atoms with Crippen molar-refractivity contribution in [2.45, 2.75) is 13.1 Å². The summed E-state index contributed by atoms with van der Waals surface area (Å²) in [6, 6.07) is 16.0. The molecule has 0 unspecified atom stereocenters. The van der Waals surface area contributed by atoms with E-state index in [4.69, 9.17) is 0 Å². The van der Waals surface area contributed by atoms with Gasteiger partial charge in [-0.05, 0) is 35.7 Å². The topological polar surface area (TPSA) is 86.0 Å². The summed E-state index contributed by atoms with van der Waals surface area (Å²) in [5, 5.41) is 4.64. The zero-order valence-corrected chi connectivity index (χ0v) is 15.6. The number of pyridine rings is 1. The van der Waals surface area contributed by atoms with Crippen molar-refractivity contribution < 1.29 is 4.79 Å². The van der Waals surface area contributed by atoms with Gasteiger partial charge in [0, 0.05) is 16.8 Å². The molecule has 7 nitrogen and oxygen atoms in total. The van der Waals surface area contributed by atoms with Crippen molar-refractivity contribution >= 4 is 34.0 Å². The SMILES string of the molecule is O=C(Cn1c(=O)n(Cc2cccs2)c(=O)c2ncccc21)Nc1ccccc1. The van der Waals surface area contributed by atoms with E-state index in [0.29, 0.717) is 11.2 Å². The maximum atomic E-state index is 13.0. The molecule has 0 bridgehead atoms. The van der Waals surface area contributed by atoms with E-state index in [1.807, 2.05) is 35.7 Å². The summed E-state index contributed by atoms with van der Waals surface area (Å²) in [5.74, 6) is -0.361. The number of aromatic nitrogens is 3. The molecule has 140 valence electrons. The van der Waals surface area contributed by atoms with Crippen molar-refractivity contribution in [2.24, 2.45) is 0 Å². The molecule has 0 aliphatic carbocycles. The molecular formula is C20H16N4O3S. The lowest BCUT2D eigenvalue weighted by Crippen LogP contribution is -2.42. The molecule has 0 aliphatic rings. The zero-order valence-electron chi connectivity index (χ0n) is 14.7. The first-order valence-electron chi connectivity index (χ1n) is 8.59. The second kappa shape index (κ2) is 7.61. The van der Waals surface area contributed by atoms with E-state index in [1.54, 1.807) is 24.3 Å². The maximum absolute atomic E-state index is 13.0. The highest BCUT2D eigenvalue weighted by atomic mass is 32.1. The van der Waals surface area contributed by atoms with Crippen LogP contribution in [0, 0.1) is 0 Å². The van der Waals surface area contributed by atoms with Crippen LogP contribution in [0.15, 0.2) is 75.8 Å². The molecular weight excluding hydrogens is 376 g/mol. The van der Waals surface area contributed by atoms with Gasteiger partial charge in [0.2, 0.25) is 5.91 Å². The number of para-hydroxylation sites is 1. The van der Waals surface area contributed by atoms with Crippen LogP contribution in [0.25, 0.3) is 11.0 Å². The lowest BCUT2D eigenvalue weighted by atomic mass is 10.3. The molecule has 8 heteroatoms. The first-order valence-corrected chi connectivity index (χ1v) is 9.47. The second-order valence-electron chi connectivity index (χ2n) is 6.12. The van der Waals surface area contributed by atoms with Crippen molar-refractivity contribution in [3.05, 3.63) is 91.9 Å². The third kappa shape index (κ3) is 3.49. The molecule has 0 aliphatic heterocycles. The monoisotopic (exact) mass is 392 g/mol. The fourth-order valence-corrected chi connectivity index (χ4v) is 3.65. The average molecular weight is 392 g/mol. The standard InChI is InChI=1S/C20H16N4O3S/c25-17(22-14-6-2-1-3-7-14)13-23-16-9-4-10-21-18(16)19(26)24(20(23)27)12-15-8-5-11-28-15/h1-11H,12-13H2,(H,22,25). The van der Waals surface area contributed by atoms with Gasteiger partial charge < -0.3 is 5.32 Å². The number of rotatable bonds is 5. The summed E-state index contributed by atoms with van der Waals surface area (Å²) >= 11 is 1.45. The summed E-state index contributed by atoms with van der Waals surface area (Å²) in [6.45, 7) is -0.0806. The van der Waals surface area contributed by atoms with E-state index in [-0.39, 0.29) is 24.5 Å². The van der Waals surface area contributed by atoms with E-state index in [2.05, 4.69) is 10.3 Å². The third-order valence-corrected chi connectivity index (χ3v) is 5.10. The van der Waals surface area contributed by atoms with E-state index in [0.717, 1.165) is 9.44 Å². The fraction of sp³-hybridized carbons (Fsp3) is 0.100. The number of carbonyl (C=O) groups excluding carboxylic acids is 1. The summed E-state index contributed by atoms with van der Waals surface area (Å²) in [5.41, 5.74) is 0.125. The van der Waals surface area contributed by atoms with Crippen molar-refractivity contribution in [1.82, 2.24) is 14.1 Å². The summed E-state index contributed by atoms with van der Waals surface area (Å²) in [4.78, 5) is 43.4. The molecule has 0 saturated heterocycles. The Kier molecular flexibility index (Phi) is 4.86. The average Bonchev–Trinajstić information content (AvgIpc) is 3.22. The van der Waals surface area contributed by atoms with E-state index in [9.17, 15) is 14.4 Å². The van der Waals surface area contributed by atoms with Crippen molar-refractivity contribution in [2.75, 3.05) is 5.32 Å². The molecule has 3 heterocycles. The van der Waals surface area contributed by atoms with Crippen LogP contribution in [0.4, 0.5) is 5.69 Å². The third-order valence-electron chi connectivity index (χ3n) is 4.24. The van der Waals surface area contributed by atoms with Gasteiger partial charge in [-0.1, -0.05) is 24.3 Å². The number of anilines is 1. The van der Waals surface area contributed by atoms with Crippen LogP contribution in [-0.2, 0) is 17.9 Å². The Labute approximate surface area is 163 Å². The summed E-state index contributed by atoms with van der Waals surface area (Å²) < 4.78 is 2.41. The number of hydrogen-bond donors (Lipinski definition) is 1. The first kappa shape index (κ1) is 17.9. The van der Waals surface area contributed by atoms with Gasteiger partial charge in [-0.15, -0.1) is 11.3 Å². The van der Waals surface area contributed by atoms with Crippen molar-refractivity contribution in [3.63, 3.8) is 0 Å². The van der Waals surface area contributed by atoms with Crippen LogP contribution in [0.2, 0.25) is 0 Å². The number of benzene rings is 1. The van der Waals surface area contributed by atoms with Gasteiger partial charge in [0.1, 0.15) is 6.54 Å². The van der Waals surface area contributed by atoms with Gasteiger partial charge in [0.25, 0.3) is 5.56 Å². The predicted molar refractivity (Wildman–Crippen MR) is 109 cm³/mol. The fourth-order valence-electron chi connectivity index (χ4n) is 2.96. The smallest absolute Gasteiger partial charge is 0.325 e. The highest BCUT2D eigenvalue weighted by molar-refractivity contribution is 7.09. The number of fused-ring (bicyclic) bond motifs is 1. The largest absolute Gasteiger partial charge is 0.332 e. The minimum Gasteiger partial charge on any atom is -0.325 e. The lowest BCUT2D eigenvalue weighted by molar-refractivity contribution is -0.116. The molecule has 28 heavy (non-hydrogen) atoms. The van der Waals surface area contributed by atoms with Crippen LogP contribution >= 0.6 is 11.3 Å². The summed E-state index contributed by atoms with van der Waals surface area (Å²) in [7, 11) is 0. The number of carbonyl (C=O) groups is 1. The van der Waals surface area contributed by atoms with Gasteiger partial charge in [-0.3, -0.25) is 18.7 Å². The Morgan fingerprint density at radius 3 is 2.57 bits per heavy atom. The minimum atomic E-state index is -0.540. The molecule has 1 N–H and O–H groups in total. The molecule has 4 aromatic rings. The van der Waals surface area contributed by atoms with Crippen LogP contribution < -0.4 is 16.6 Å². The highest BCUT2D eigenvalue weighted by Crippen LogP contribution is 2.11. The molecule has 1 aromatic carbocycles. The Hall–Kier alpha value is -3.52. The molecule has 4 rings (SSSR count). The molecule has 0 spiro atoms. The normalized spacial score (nSPS) is 10.9. The van der Waals surface area contributed by atoms with E-state index < -0.39 is 11.2 Å². The Morgan fingerprint density at radius 2 is 1.82 bits per heavy atom. The Bertz CT molecular complexity index is 1240. The Morgan fingerprint density at radius 1 is 1.00 bits per heavy atom. The molecule has 3 aromatic heterocycles. The lowest BCUT2D eigenvalue weighted by Gasteiger charge is -2.13. The predicted octanol–water partition coefficient (Wildman–Crippen LogP) is 2.31. The highest BCUT2D eigenvalue weighted by Gasteiger charge is 2.16. The summed E-state index contributed by atoms with van der Waals surface area (Å²) in [6.07, 6.45) is 1.50. The Balaban J connectivity index is 1.77. The first-order chi connectivity index (χ1) is 13.6. The van der Waals surface area contributed by atoms with Gasteiger partial charge in [0.05, 0.1) is 12.1 Å². The second-order valence-corrected chi connectivity index (χ2v) is 7.16. The van der Waals surface area contributed by atoms with Crippen LogP contribution in [0.3, 0.4) is 0 Å². The molecule has 1 amide bonds. The quantitative estimate of drug-likeness (QED) is 0.565. The number of amides is 1. The van der Waals surface area contributed by atoms with Crippen LogP contribution in [0.5, 0.6) is 0 Å². The van der Waals surface area contributed by atoms with Gasteiger partial charge in [0.15, 0.2) is 5.52 Å². The van der Waals surface area contributed by atoms with E-state index >= 15 is 0 Å². The number of nitrogens with one attached hydrogen (secondary N) is 1. The molecule has 0 atom stereocenters. The molecule has 0 radical (unpaired) electrons. The van der Waals surface area contributed by atoms with Gasteiger partial charge in [-0.25, -0.2) is 9.78 Å². The number of thiophene rings is 1. The van der Waals surface area contributed by atoms with Gasteiger partial charge >= 0.3 is 5.69 Å². The van der Waals surface area contributed by atoms with Crippen LogP contribution in [-0.4, -0.2) is 20.0 Å². The minimum absolute atomic E-state index is 0.141. The number of nitrogens with zero attached hydrogens (tertiary/aromatic N) is 3. The maximum Gasteiger partial charge on any atom is 0.332 e. The van der Waals surface area contributed by atoms with Gasteiger partial charge in [-0.2, -0.15) is 0 Å². The van der Waals surface area contributed by atoms with E-state index in [1.165, 1.54) is 22.1 Å². The molecule has 0 saturated carbocycles. The zero-order chi connectivity index (χ0) is 19.5. The molecule has 0 fully saturated rings.